The van der Waals surface area contributed by atoms with E-state index >= 15 is 0 Å². The van der Waals surface area contributed by atoms with E-state index in [1.807, 2.05) is 0 Å². The molecule has 1 saturated carbocycles. The third-order valence-corrected chi connectivity index (χ3v) is 9.52. The second-order valence-corrected chi connectivity index (χ2v) is 12.3. The Morgan fingerprint density at radius 1 is 0.541 bits per heavy atom. The monoisotopic (exact) mass is 498 g/mol. The van der Waals surface area contributed by atoms with Gasteiger partial charge in [-0.05, 0) is 90.5 Å². The fourth-order valence-corrected chi connectivity index (χ4v) is 6.90. The van der Waals surface area contributed by atoms with Crippen molar-refractivity contribution in [3.05, 3.63) is 65.7 Å². The van der Waals surface area contributed by atoms with Crippen LogP contribution in [0.1, 0.15) is 146 Å². The van der Waals surface area contributed by atoms with E-state index < -0.39 is 0 Å². The molecule has 0 amide bonds. The molecule has 0 heterocycles. The maximum absolute atomic E-state index is 2.55. The normalized spacial score (nSPS) is 22.1. The van der Waals surface area contributed by atoms with Gasteiger partial charge in [-0.15, -0.1) is 0 Å². The van der Waals surface area contributed by atoms with E-state index in [4.69, 9.17) is 0 Å². The van der Waals surface area contributed by atoms with Crippen LogP contribution in [0.15, 0.2) is 54.6 Å². The molecular formula is C37H54. The molecule has 0 heteroatoms. The minimum absolute atomic E-state index is 0.780. The predicted molar refractivity (Wildman–Crippen MR) is 164 cm³/mol. The second kappa shape index (κ2) is 15.6. The Morgan fingerprint density at radius 2 is 1.11 bits per heavy atom. The maximum atomic E-state index is 2.55. The maximum Gasteiger partial charge on any atom is -0.0162 e. The molecule has 4 rings (SSSR count). The summed E-state index contributed by atoms with van der Waals surface area (Å²) in [6.45, 7) is 4.62. The fourth-order valence-electron chi connectivity index (χ4n) is 6.90. The first kappa shape index (κ1) is 28.2. The van der Waals surface area contributed by atoms with E-state index in [1.54, 1.807) is 11.1 Å². The Balaban J connectivity index is 1.21. The lowest BCUT2D eigenvalue weighted by Gasteiger charge is -2.29. The fraction of sp³-hybridized carbons (Fsp3) is 0.622. The summed E-state index contributed by atoms with van der Waals surface area (Å²) in [5.74, 6) is 2.69. The zero-order valence-corrected chi connectivity index (χ0v) is 24.2. The summed E-state index contributed by atoms with van der Waals surface area (Å²) >= 11 is 0. The molecule has 2 aliphatic carbocycles. The van der Waals surface area contributed by atoms with E-state index in [9.17, 15) is 0 Å². The highest BCUT2D eigenvalue weighted by Gasteiger charge is 2.22. The van der Waals surface area contributed by atoms with Crippen molar-refractivity contribution in [3.63, 3.8) is 0 Å². The first-order valence-corrected chi connectivity index (χ1v) is 16.2. The topological polar surface area (TPSA) is 0 Å². The van der Waals surface area contributed by atoms with Gasteiger partial charge in [0.05, 0.1) is 0 Å². The van der Waals surface area contributed by atoms with Crippen molar-refractivity contribution in [1.82, 2.24) is 0 Å². The zero-order chi connectivity index (χ0) is 25.7. The average molecular weight is 499 g/mol. The molecule has 2 aromatic rings. The average Bonchev–Trinajstić information content (AvgIpc) is 2.96. The molecule has 0 N–H and O–H groups in total. The van der Waals surface area contributed by atoms with Gasteiger partial charge in [0.25, 0.3) is 0 Å². The lowest BCUT2D eigenvalue weighted by atomic mass is 9.77. The van der Waals surface area contributed by atoms with Gasteiger partial charge in [-0.3, -0.25) is 0 Å². The van der Waals surface area contributed by atoms with Crippen LogP contribution in [0.3, 0.4) is 0 Å². The van der Waals surface area contributed by atoms with Crippen LogP contribution < -0.4 is 0 Å². The lowest BCUT2D eigenvalue weighted by molar-refractivity contribution is 0.304. The van der Waals surface area contributed by atoms with E-state index in [0.29, 0.717) is 0 Å². The van der Waals surface area contributed by atoms with Crippen LogP contribution >= 0.6 is 0 Å². The third-order valence-electron chi connectivity index (χ3n) is 9.52. The minimum atomic E-state index is 0.780. The Morgan fingerprint density at radius 3 is 1.73 bits per heavy atom. The smallest absolute Gasteiger partial charge is 0.0162 e. The third kappa shape index (κ3) is 8.87. The summed E-state index contributed by atoms with van der Waals surface area (Å²) in [6, 6.07) is 19.0. The molecule has 0 saturated heterocycles. The van der Waals surface area contributed by atoms with Gasteiger partial charge in [-0.25, -0.2) is 0 Å². The Bertz CT molecular complexity index is 908. The van der Waals surface area contributed by atoms with Gasteiger partial charge < -0.3 is 0 Å². The molecule has 2 aliphatic rings. The van der Waals surface area contributed by atoms with Crippen LogP contribution in [0.2, 0.25) is 0 Å². The SMILES string of the molecule is CCCCCCCCCC1CC=C(c2ccc(-c3ccc([C@H]4CC[C@H](CCCC)CC4)cc3)cc2)CC1. The summed E-state index contributed by atoms with van der Waals surface area (Å²) in [5.41, 5.74) is 7.29. The van der Waals surface area contributed by atoms with Crippen molar-refractivity contribution in [2.24, 2.45) is 11.8 Å². The van der Waals surface area contributed by atoms with E-state index in [0.717, 1.165) is 17.8 Å². The van der Waals surface area contributed by atoms with Crippen LogP contribution in [0.5, 0.6) is 0 Å². The molecule has 0 nitrogen and oxygen atoms in total. The number of allylic oxidation sites excluding steroid dienone is 2. The number of rotatable bonds is 14. The molecule has 0 bridgehead atoms. The molecule has 2 aromatic carbocycles. The summed E-state index contributed by atoms with van der Waals surface area (Å²) in [4.78, 5) is 0. The summed E-state index contributed by atoms with van der Waals surface area (Å²) in [5, 5.41) is 0. The number of unbranched alkanes of at least 4 members (excludes halogenated alkanes) is 7. The van der Waals surface area contributed by atoms with Crippen molar-refractivity contribution in [1.29, 1.82) is 0 Å². The number of hydrogen-bond acceptors (Lipinski definition) is 0. The standard InChI is InChI=1S/C37H54/c1-3-5-7-8-9-10-11-13-31-16-20-33(21-17-31)35-24-28-37(29-25-35)36-26-22-34(23-27-36)32-18-14-30(15-19-32)12-6-4-2/h20,22-32H,3-19,21H2,1-2H3/t30-,31?,32-. The first-order valence-electron chi connectivity index (χ1n) is 16.2. The van der Waals surface area contributed by atoms with Crippen molar-refractivity contribution in [2.45, 2.75) is 135 Å². The molecule has 0 aliphatic heterocycles. The summed E-state index contributed by atoms with van der Waals surface area (Å²) in [6.07, 6.45) is 27.8. The molecule has 0 spiro atoms. The summed E-state index contributed by atoms with van der Waals surface area (Å²) in [7, 11) is 0. The van der Waals surface area contributed by atoms with Crippen molar-refractivity contribution in [2.75, 3.05) is 0 Å². The first-order chi connectivity index (χ1) is 18.3. The number of hydrogen-bond donors (Lipinski definition) is 0. The van der Waals surface area contributed by atoms with Gasteiger partial charge in [-0.2, -0.15) is 0 Å². The highest BCUT2D eigenvalue weighted by atomic mass is 14.3. The van der Waals surface area contributed by atoms with Crippen LogP contribution in [0.4, 0.5) is 0 Å². The van der Waals surface area contributed by atoms with Crippen molar-refractivity contribution >= 4 is 5.57 Å². The van der Waals surface area contributed by atoms with Gasteiger partial charge in [0, 0.05) is 0 Å². The van der Waals surface area contributed by atoms with E-state index in [-0.39, 0.29) is 0 Å². The van der Waals surface area contributed by atoms with Gasteiger partial charge >= 0.3 is 0 Å². The Hall–Kier alpha value is -1.82. The summed E-state index contributed by atoms with van der Waals surface area (Å²) < 4.78 is 0. The molecule has 1 unspecified atom stereocenters. The molecule has 0 aromatic heterocycles. The van der Waals surface area contributed by atoms with E-state index in [1.165, 1.54) is 132 Å². The molecule has 202 valence electrons. The molecule has 1 fully saturated rings. The Kier molecular flexibility index (Phi) is 11.9. The van der Waals surface area contributed by atoms with Crippen LogP contribution in [-0.4, -0.2) is 0 Å². The van der Waals surface area contributed by atoms with Crippen LogP contribution in [0, 0.1) is 11.8 Å². The van der Waals surface area contributed by atoms with Gasteiger partial charge in [-0.1, -0.05) is 139 Å². The largest absolute Gasteiger partial charge is 0.0804 e. The molecule has 37 heavy (non-hydrogen) atoms. The predicted octanol–water partition coefficient (Wildman–Crippen LogP) is 12.1. The second-order valence-electron chi connectivity index (χ2n) is 12.3. The van der Waals surface area contributed by atoms with Crippen molar-refractivity contribution < 1.29 is 0 Å². The van der Waals surface area contributed by atoms with Crippen LogP contribution in [-0.2, 0) is 0 Å². The van der Waals surface area contributed by atoms with Crippen LogP contribution in [0.25, 0.3) is 16.7 Å². The minimum Gasteiger partial charge on any atom is -0.0804 e. The molecule has 0 radical (unpaired) electrons. The lowest BCUT2D eigenvalue weighted by Crippen LogP contribution is -2.13. The quantitative estimate of drug-likeness (QED) is 0.227. The van der Waals surface area contributed by atoms with Gasteiger partial charge in [0.1, 0.15) is 0 Å². The highest BCUT2D eigenvalue weighted by molar-refractivity contribution is 5.71. The Labute approximate surface area is 229 Å². The molecule has 1 atom stereocenters. The highest BCUT2D eigenvalue weighted by Crippen LogP contribution is 2.38. The van der Waals surface area contributed by atoms with Gasteiger partial charge in [0.15, 0.2) is 0 Å². The zero-order valence-electron chi connectivity index (χ0n) is 24.2. The molecular weight excluding hydrogens is 444 g/mol. The van der Waals surface area contributed by atoms with Gasteiger partial charge in [0.2, 0.25) is 0 Å². The number of benzene rings is 2. The van der Waals surface area contributed by atoms with E-state index in [2.05, 4.69) is 68.5 Å². The van der Waals surface area contributed by atoms with Crippen molar-refractivity contribution in [3.8, 4) is 11.1 Å².